The van der Waals surface area contributed by atoms with Crippen LogP contribution in [0, 0.1) is 6.92 Å². The number of hydroxylamine groups is 1. The van der Waals surface area contributed by atoms with E-state index in [0.29, 0.717) is 36.0 Å². The lowest BCUT2D eigenvalue weighted by molar-refractivity contribution is 0.0652. The number of carbonyl (C=O) groups is 2. The Morgan fingerprint density at radius 2 is 1.78 bits per heavy atom. The van der Waals surface area contributed by atoms with Gasteiger partial charge < -0.3 is 20.4 Å². The van der Waals surface area contributed by atoms with Gasteiger partial charge in [0, 0.05) is 37.6 Å². The van der Waals surface area contributed by atoms with Crippen LogP contribution in [0.1, 0.15) is 26.5 Å². The third-order valence-electron chi connectivity index (χ3n) is 5.50. The van der Waals surface area contributed by atoms with Crippen molar-refractivity contribution >= 4 is 17.5 Å². The van der Waals surface area contributed by atoms with E-state index in [2.05, 4.69) is 20.6 Å². The van der Waals surface area contributed by atoms with Crippen molar-refractivity contribution in [2.24, 2.45) is 0 Å². The topological polar surface area (TPSA) is 109 Å². The third-order valence-corrected chi connectivity index (χ3v) is 5.50. The minimum atomic E-state index is -0.307. The van der Waals surface area contributed by atoms with Crippen LogP contribution in [-0.2, 0) is 4.84 Å². The van der Waals surface area contributed by atoms with Gasteiger partial charge in [-0.15, -0.1) is 0 Å². The second-order valence-corrected chi connectivity index (χ2v) is 8.26. The van der Waals surface area contributed by atoms with Crippen LogP contribution in [0.15, 0.2) is 79.1 Å². The molecule has 190 valence electrons. The van der Waals surface area contributed by atoms with Crippen LogP contribution in [0.3, 0.4) is 0 Å². The van der Waals surface area contributed by atoms with Crippen molar-refractivity contribution < 1.29 is 19.2 Å². The first-order chi connectivity index (χ1) is 18.0. The summed E-state index contributed by atoms with van der Waals surface area (Å²) in [6.07, 6.45) is 3.29. The average Bonchev–Trinajstić information content (AvgIpc) is 3.41. The third kappa shape index (κ3) is 6.40. The molecule has 0 aliphatic rings. The maximum absolute atomic E-state index is 13.4. The van der Waals surface area contributed by atoms with Crippen LogP contribution in [-0.4, -0.2) is 49.0 Å². The zero-order valence-electron chi connectivity index (χ0n) is 20.9. The number of pyridine rings is 1. The van der Waals surface area contributed by atoms with Crippen LogP contribution in [0.2, 0.25) is 0 Å². The Balaban J connectivity index is 1.54. The molecule has 0 aliphatic heterocycles. The summed E-state index contributed by atoms with van der Waals surface area (Å²) in [5.41, 5.74) is 3.99. The van der Waals surface area contributed by atoms with Gasteiger partial charge in [0.05, 0.1) is 12.3 Å². The Hall–Kier alpha value is -4.47. The summed E-state index contributed by atoms with van der Waals surface area (Å²) >= 11 is 0. The number of hydrogen-bond donors (Lipinski definition) is 3. The minimum absolute atomic E-state index is 0.264. The van der Waals surface area contributed by atoms with E-state index in [0.717, 1.165) is 16.7 Å². The zero-order valence-corrected chi connectivity index (χ0v) is 20.9. The SMILES string of the molecule is CNCCON(C(=O)c1cc(-c2cccc(Oc3ccnc(C(=O)NC)c3)c2)c[nH]1)c1cccc(C)c1. The predicted octanol–water partition coefficient (Wildman–Crippen LogP) is 4.33. The highest BCUT2D eigenvalue weighted by atomic mass is 16.7. The van der Waals surface area contributed by atoms with E-state index in [1.807, 2.05) is 62.5 Å². The lowest BCUT2D eigenvalue weighted by Crippen LogP contribution is -2.33. The first-order valence-corrected chi connectivity index (χ1v) is 11.8. The highest BCUT2D eigenvalue weighted by Gasteiger charge is 2.21. The van der Waals surface area contributed by atoms with Crippen molar-refractivity contribution in [3.8, 4) is 22.6 Å². The average molecular weight is 500 g/mol. The molecule has 4 rings (SSSR count). The number of nitrogens with one attached hydrogen (secondary N) is 3. The number of anilines is 1. The second kappa shape index (κ2) is 12.0. The van der Waals surface area contributed by atoms with Crippen LogP contribution in [0.4, 0.5) is 5.69 Å². The molecule has 0 atom stereocenters. The van der Waals surface area contributed by atoms with Gasteiger partial charge in [-0.25, -0.2) is 0 Å². The minimum Gasteiger partial charge on any atom is -0.457 e. The molecular formula is C28H29N5O4. The number of likely N-dealkylation sites (N-methyl/N-ethyl adjacent to an activating group) is 1. The van der Waals surface area contributed by atoms with Gasteiger partial charge in [0.25, 0.3) is 11.8 Å². The lowest BCUT2D eigenvalue weighted by Gasteiger charge is -2.21. The standard InChI is InChI=1S/C28H29N5O4/c1-19-6-4-8-22(14-19)33(36-13-12-29-2)28(35)26-16-21(18-32-26)20-7-5-9-23(15-20)37-24-10-11-31-25(17-24)27(34)30-3/h4-11,14-18,29,32H,12-13H2,1-3H3,(H,30,34). The summed E-state index contributed by atoms with van der Waals surface area (Å²) in [6.45, 7) is 2.90. The van der Waals surface area contributed by atoms with E-state index < -0.39 is 0 Å². The molecule has 0 aliphatic carbocycles. The number of ether oxygens (including phenoxy) is 1. The molecule has 3 N–H and O–H groups in total. The van der Waals surface area contributed by atoms with E-state index >= 15 is 0 Å². The molecule has 0 fully saturated rings. The summed E-state index contributed by atoms with van der Waals surface area (Å²) in [7, 11) is 3.37. The lowest BCUT2D eigenvalue weighted by atomic mass is 10.1. The number of aromatic amines is 1. The van der Waals surface area contributed by atoms with Gasteiger partial charge in [-0.05, 0) is 61.5 Å². The van der Waals surface area contributed by atoms with Gasteiger partial charge in [0.2, 0.25) is 0 Å². The molecule has 2 aromatic carbocycles. The number of hydrogen-bond acceptors (Lipinski definition) is 6. The van der Waals surface area contributed by atoms with Crippen LogP contribution in [0.5, 0.6) is 11.5 Å². The van der Waals surface area contributed by atoms with Crippen LogP contribution >= 0.6 is 0 Å². The first kappa shape index (κ1) is 25.6. The number of nitrogens with zero attached hydrogens (tertiary/aromatic N) is 2. The van der Waals surface area contributed by atoms with Crippen LogP contribution in [0.25, 0.3) is 11.1 Å². The molecule has 0 unspecified atom stereocenters. The Morgan fingerprint density at radius 1 is 0.973 bits per heavy atom. The van der Waals surface area contributed by atoms with Crippen LogP contribution < -0.4 is 20.4 Å². The molecule has 2 amide bonds. The number of aryl methyl sites for hydroxylation is 1. The molecule has 0 saturated heterocycles. The van der Waals surface area contributed by atoms with Gasteiger partial charge in [-0.1, -0.05) is 24.3 Å². The summed E-state index contributed by atoms with van der Waals surface area (Å²) in [5.74, 6) is 0.470. The number of carbonyl (C=O) groups excluding carboxylic acids is 2. The number of aromatic nitrogens is 2. The predicted molar refractivity (Wildman–Crippen MR) is 142 cm³/mol. The molecule has 37 heavy (non-hydrogen) atoms. The van der Waals surface area contributed by atoms with E-state index in [-0.39, 0.29) is 17.5 Å². The van der Waals surface area contributed by atoms with Gasteiger partial charge >= 0.3 is 0 Å². The molecule has 2 aromatic heterocycles. The molecule has 9 heteroatoms. The molecule has 0 bridgehead atoms. The Kier molecular flexibility index (Phi) is 8.29. The van der Waals surface area contributed by atoms with Crippen molar-refractivity contribution in [1.82, 2.24) is 20.6 Å². The highest BCUT2D eigenvalue weighted by Crippen LogP contribution is 2.29. The highest BCUT2D eigenvalue weighted by molar-refractivity contribution is 6.04. The maximum atomic E-state index is 13.4. The summed E-state index contributed by atoms with van der Waals surface area (Å²) in [4.78, 5) is 38.2. The van der Waals surface area contributed by atoms with Gasteiger partial charge in [-0.2, -0.15) is 5.06 Å². The fraction of sp³-hybridized carbons (Fsp3) is 0.179. The fourth-order valence-electron chi connectivity index (χ4n) is 3.64. The number of H-pyrrole nitrogens is 1. The van der Waals surface area contributed by atoms with Crippen molar-refractivity contribution in [3.63, 3.8) is 0 Å². The normalized spacial score (nSPS) is 10.7. The molecule has 2 heterocycles. The number of amides is 2. The quantitative estimate of drug-likeness (QED) is 0.221. The molecular weight excluding hydrogens is 470 g/mol. The largest absolute Gasteiger partial charge is 0.457 e. The molecule has 9 nitrogen and oxygen atoms in total. The molecule has 0 radical (unpaired) electrons. The summed E-state index contributed by atoms with van der Waals surface area (Å²) in [6, 6.07) is 20.1. The van der Waals surface area contributed by atoms with Crippen molar-refractivity contribution in [2.45, 2.75) is 6.92 Å². The Morgan fingerprint density at radius 3 is 2.57 bits per heavy atom. The van der Waals surface area contributed by atoms with Crippen molar-refractivity contribution in [3.05, 3.63) is 96.1 Å². The van der Waals surface area contributed by atoms with E-state index in [1.54, 1.807) is 31.4 Å². The molecule has 4 aromatic rings. The van der Waals surface area contributed by atoms with Gasteiger partial charge in [0.1, 0.15) is 22.9 Å². The smallest absolute Gasteiger partial charge is 0.298 e. The fourth-order valence-corrected chi connectivity index (χ4v) is 3.64. The summed E-state index contributed by atoms with van der Waals surface area (Å²) in [5, 5.41) is 6.88. The monoisotopic (exact) mass is 499 g/mol. The van der Waals surface area contributed by atoms with E-state index in [9.17, 15) is 9.59 Å². The number of benzene rings is 2. The zero-order chi connectivity index (χ0) is 26.2. The maximum Gasteiger partial charge on any atom is 0.298 e. The first-order valence-electron chi connectivity index (χ1n) is 11.8. The Bertz CT molecular complexity index is 1380. The van der Waals surface area contributed by atoms with Gasteiger partial charge in [0.15, 0.2) is 0 Å². The van der Waals surface area contributed by atoms with Gasteiger partial charge in [-0.3, -0.25) is 19.4 Å². The number of rotatable bonds is 10. The van der Waals surface area contributed by atoms with Crippen molar-refractivity contribution in [1.29, 1.82) is 0 Å². The molecule has 0 saturated carbocycles. The van der Waals surface area contributed by atoms with Crippen molar-refractivity contribution in [2.75, 3.05) is 32.3 Å². The van der Waals surface area contributed by atoms with E-state index in [4.69, 9.17) is 9.57 Å². The molecule has 0 spiro atoms. The Labute approximate surface area is 215 Å². The second-order valence-electron chi connectivity index (χ2n) is 8.26. The summed E-state index contributed by atoms with van der Waals surface area (Å²) < 4.78 is 5.96. The van der Waals surface area contributed by atoms with E-state index in [1.165, 1.54) is 11.3 Å².